The number of hydrogen-bond donors (Lipinski definition) is 0. The van der Waals surface area contributed by atoms with Gasteiger partial charge in [0.25, 0.3) is 0 Å². The van der Waals surface area contributed by atoms with Crippen LogP contribution in [0.25, 0.3) is 22.6 Å². The number of hydrogen-bond acceptors (Lipinski definition) is 4. The molecule has 0 unspecified atom stereocenters. The zero-order valence-corrected chi connectivity index (χ0v) is 11.7. The minimum Gasteiger partial charge on any atom is -0.465 e. The highest BCUT2D eigenvalue weighted by molar-refractivity contribution is 5.80. The lowest BCUT2D eigenvalue weighted by Crippen LogP contribution is -2.14. The molecule has 0 amide bonds. The topological polar surface area (TPSA) is 57.0 Å². The van der Waals surface area contributed by atoms with E-state index in [1.807, 2.05) is 42.5 Å². The second-order valence-electron chi connectivity index (χ2n) is 4.54. The van der Waals surface area contributed by atoms with Crippen LogP contribution < -0.4 is 0 Å². The molecule has 5 heteroatoms. The number of fused-ring (bicyclic) bond motifs is 1. The second kappa shape index (κ2) is 5.75. The Kier molecular flexibility index (Phi) is 3.64. The molecule has 3 rings (SSSR count). The van der Waals surface area contributed by atoms with E-state index in [0.717, 1.165) is 16.9 Å². The van der Waals surface area contributed by atoms with Crippen molar-refractivity contribution in [3.05, 3.63) is 48.7 Å². The fourth-order valence-corrected chi connectivity index (χ4v) is 2.25. The number of benzene rings is 1. The number of esters is 1. The first-order valence-corrected chi connectivity index (χ1v) is 6.82. The predicted molar refractivity (Wildman–Crippen MR) is 79.6 cm³/mol. The van der Waals surface area contributed by atoms with Gasteiger partial charge in [0.1, 0.15) is 17.9 Å². The highest BCUT2D eigenvalue weighted by atomic mass is 16.5. The number of pyridine rings is 1. The lowest BCUT2D eigenvalue weighted by molar-refractivity contribution is -0.143. The van der Waals surface area contributed by atoms with Crippen LogP contribution in [0, 0.1) is 0 Å². The van der Waals surface area contributed by atoms with Gasteiger partial charge in [-0.25, -0.2) is 9.97 Å². The molecule has 0 aliphatic heterocycles. The van der Waals surface area contributed by atoms with Gasteiger partial charge >= 0.3 is 5.97 Å². The molecular formula is C16H15N3O2. The summed E-state index contributed by atoms with van der Waals surface area (Å²) in [5, 5.41) is 0. The molecule has 0 atom stereocenters. The SMILES string of the molecule is CCOC(=O)Cn1c(-c2ccccc2)nc2cccnc21. The maximum absolute atomic E-state index is 11.8. The Hall–Kier alpha value is -2.69. The largest absolute Gasteiger partial charge is 0.465 e. The monoisotopic (exact) mass is 281 g/mol. The maximum atomic E-state index is 11.8. The van der Waals surface area contributed by atoms with Crippen molar-refractivity contribution in [2.75, 3.05) is 6.61 Å². The van der Waals surface area contributed by atoms with Gasteiger partial charge in [0.15, 0.2) is 5.65 Å². The third-order valence-corrected chi connectivity index (χ3v) is 3.13. The molecule has 2 heterocycles. The quantitative estimate of drug-likeness (QED) is 0.690. The summed E-state index contributed by atoms with van der Waals surface area (Å²) in [6.45, 7) is 2.26. The first kappa shape index (κ1) is 13.3. The summed E-state index contributed by atoms with van der Waals surface area (Å²) in [6, 6.07) is 13.5. The van der Waals surface area contributed by atoms with Crippen LogP contribution in [0.15, 0.2) is 48.7 Å². The zero-order chi connectivity index (χ0) is 14.7. The Balaban J connectivity index is 2.12. The van der Waals surface area contributed by atoms with E-state index in [2.05, 4.69) is 9.97 Å². The van der Waals surface area contributed by atoms with Crippen molar-refractivity contribution in [1.29, 1.82) is 0 Å². The molecule has 5 nitrogen and oxygen atoms in total. The molecule has 0 saturated carbocycles. The Labute approximate surface area is 122 Å². The fourth-order valence-electron chi connectivity index (χ4n) is 2.25. The summed E-state index contributed by atoms with van der Waals surface area (Å²) >= 11 is 0. The normalized spacial score (nSPS) is 10.7. The molecule has 3 aromatic rings. The third-order valence-electron chi connectivity index (χ3n) is 3.13. The van der Waals surface area contributed by atoms with Crippen LogP contribution >= 0.6 is 0 Å². The zero-order valence-electron chi connectivity index (χ0n) is 11.7. The summed E-state index contributed by atoms with van der Waals surface area (Å²) < 4.78 is 6.83. The molecule has 21 heavy (non-hydrogen) atoms. The molecule has 106 valence electrons. The lowest BCUT2D eigenvalue weighted by Gasteiger charge is -2.08. The number of rotatable bonds is 4. The summed E-state index contributed by atoms with van der Waals surface area (Å²) in [7, 11) is 0. The first-order chi connectivity index (χ1) is 10.3. The van der Waals surface area contributed by atoms with Crippen molar-refractivity contribution in [1.82, 2.24) is 14.5 Å². The molecule has 1 aromatic carbocycles. The predicted octanol–water partition coefficient (Wildman–Crippen LogP) is 2.66. The molecule has 0 spiro atoms. The van der Waals surface area contributed by atoms with E-state index in [4.69, 9.17) is 4.74 Å². The van der Waals surface area contributed by atoms with Crippen LogP contribution in [-0.4, -0.2) is 27.1 Å². The van der Waals surface area contributed by atoms with Gasteiger partial charge in [0.05, 0.1) is 6.61 Å². The van der Waals surface area contributed by atoms with Gasteiger partial charge in [0, 0.05) is 11.8 Å². The van der Waals surface area contributed by atoms with E-state index in [1.54, 1.807) is 17.7 Å². The Bertz CT molecular complexity index is 766. The van der Waals surface area contributed by atoms with Gasteiger partial charge < -0.3 is 4.74 Å². The molecule has 0 bridgehead atoms. The van der Waals surface area contributed by atoms with E-state index in [9.17, 15) is 4.79 Å². The van der Waals surface area contributed by atoms with Gasteiger partial charge in [0.2, 0.25) is 0 Å². The maximum Gasteiger partial charge on any atom is 0.326 e. The van der Waals surface area contributed by atoms with Crippen molar-refractivity contribution in [2.24, 2.45) is 0 Å². The highest BCUT2D eigenvalue weighted by Crippen LogP contribution is 2.23. The van der Waals surface area contributed by atoms with Crippen LogP contribution in [-0.2, 0) is 16.1 Å². The summed E-state index contributed by atoms with van der Waals surface area (Å²) in [5.41, 5.74) is 2.39. The smallest absolute Gasteiger partial charge is 0.326 e. The summed E-state index contributed by atoms with van der Waals surface area (Å²) in [4.78, 5) is 20.8. The second-order valence-corrected chi connectivity index (χ2v) is 4.54. The number of imidazole rings is 1. The van der Waals surface area contributed by atoms with E-state index < -0.39 is 0 Å². The van der Waals surface area contributed by atoms with Crippen molar-refractivity contribution >= 4 is 17.1 Å². The van der Waals surface area contributed by atoms with Crippen LogP contribution in [0.5, 0.6) is 0 Å². The van der Waals surface area contributed by atoms with Gasteiger partial charge in [-0.3, -0.25) is 9.36 Å². The number of carbonyl (C=O) groups excluding carboxylic acids is 1. The first-order valence-electron chi connectivity index (χ1n) is 6.82. The van der Waals surface area contributed by atoms with Gasteiger partial charge in [-0.05, 0) is 19.1 Å². The average molecular weight is 281 g/mol. The van der Waals surface area contributed by atoms with Crippen LogP contribution in [0.4, 0.5) is 0 Å². The van der Waals surface area contributed by atoms with Crippen LogP contribution in [0.3, 0.4) is 0 Å². The standard InChI is InChI=1S/C16H15N3O2/c1-2-21-14(20)11-19-15(12-7-4-3-5-8-12)18-13-9-6-10-17-16(13)19/h3-10H,2,11H2,1H3. The number of ether oxygens (including phenoxy) is 1. The Morgan fingerprint density at radius 2 is 2.00 bits per heavy atom. The number of aromatic nitrogens is 3. The third kappa shape index (κ3) is 2.63. The van der Waals surface area contributed by atoms with Crippen LogP contribution in [0.1, 0.15) is 6.92 Å². The van der Waals surface area contributed by atoms with Crippen molar-refractivity contribution in [3.63, 3.8) is 0 Å². The lowest BCUT2D eigenvalue weighted by atomic mass is 10.2. The molecule has 0 saturated heterocycles. The van der Waals surface area contributed by atoms with Crippen LogP contribution in [0.2, 0.25) is 0 Å². The number of carbonyl (C=O) groups is 1. The molecule has 0 aliphatic carbocycles. The average Bonchev–Trinajstić information content (AvgIpc) is 2.87. The molecule has 0 radical (unpaired) electrons. The molecular weight excluding hydrogens is 266 g/mol. The Morgan fingerprint density at radius 3 is 2.76 bits per heavy atom. The fraction of sp³-hybridized carbons (Fsp3) is 0.188. The molecule has 0 N–H and O–H groups in total. The molecule has 2 aromatic heterocycles. The van der Waals surface area contributed by atoms with Crippen molar-refractivity contribution < 1.29 is 9.53 Å². The van der Waals surface area contributed by atoms with E-state index in [-0.39, 0.29) is 12.5 Å². The minimum absolute atomic E-state index is 0.103. The van der Waals surface area contributed by atoms with Gasteiger partial charge in [-0.15, -0.1) is 0 Å². The van der Waals surface area contributed by atoms with Gasteiger partial charge in [-0.1, -0.05) is 30.3 Å². The van der Waals surface area contributed by atoms with Gasteiger partial charge in [-0.2, -0.15) is 0 Å². The van der Waals surface area contributed by atoms with E-state index in [0.29, 0.717) is 12.3 Å². The van der Waals surface area contributed by atoms with E-state index in [1.165, 1.54) is 0 Å². The van der Waals surface area contributed by atoms with E-state index >= 15 is 0 Å². The minimum atomic E-state index is -0.292. The van der Waals surface area contributed by atoms with Crippen molar-refractivity contribution in [3.8, 4) is 11.4 Å². The van der Waals surface area contributed by atoms with Crippen molar-refractivity contribution in [2.45, 2.75) is 13.5 Å². The Morgan fingerprint density at radius 1 is 1.19 bits per heavy atom. The molecule has 0 aliphatic rings. The highest BCUT2D eigenvalue weighted by Gasteiger charge is 2.16. The molecule has 0 fully saturated rings. The summed E-state index contributed by atoms with van der Waals surface area (Å²) in [5.74, 6) is 0.428. The number of nitrogens with zero attached hydrogens (tertiary/aromatic N) is 3. The summed E-state index contributed by atoms with van der Waals surface area (Å²) in [6.07, 6.45) is 1.69.